The van der Waals surface area contributed by atoms with Crippen LogP contribution in [0.3, 0.4) is 0 Å². The van der Waals surface area contributed by atoms with E-state index in [2.05, 4.69) is 0 Å². The van der Waals surface area contributed by atoms with Gasteiger partial charge in [-0.2, -0.15) is 0 Å². The largest absolute Gasteiger partial charge is 0.395 e. The molecule has 0 unspecified atom stereocenters. The third kappa shape index (κ3) is 0.704. The number of benzene rings is 1. The minimum Gasteiger partial charge on any atom is -0.395 e. The van der Waals surface area contributed by atoms with E-state index in [-0.39, 0.29) is 0 Å². The summed E-state index contributed by atoms with van der Waals surface area (Å²) in [7, 11) is 1.91. The van der Waals surface area contributed by atoms with Gasteiger partial charge >= 0.3 is 0 Å². The molecule has 3 nitrogen and oxygen atoms in total. The number of nitrogen functional groups attached to an aromatic ring is 2. The molecule has 0 spiro atoms. The maximum atomic E-state index is 5.79. The van der Waals surface area contributed by atoms with Crippen molar-refractivity contribution in [1.29, 1.82) is 0 Å². The number of hydrogen-bond donors (Lipinski definition) is 2. The van der Waals surface area contributed by atoms with Crippen molar-refractivity contribution in [2.24, 2.45) is 7.05 Å². The van der Waals surface area contributed by atoms with Gasteiger partial charge < -0.3 is 16.0 Å². The highest BCUT2D eigenvalue weighted by Crippen LogP contribution is 2.28. The van der Waals surface area contributed by atoms with Crippen molar-refractivity contribution in [3.05, 3.63) is 24.3 Å². The lowest BCUT2D eigenvalue weighted by atomic mass is 10.2. The van der Waals surface area contributed by atoms with E-state index in [4.69, 9.17) is 11.5 Å². The molecular formula is C9H11N3. The lowest BCUT2D eigenvalue weighted by molar-refractivity contribution is 0.984. The second kappa shape index (κ2) is 2.17. The molecule has 1 aromatic heterocycles. The van der Waals surface area contributed by atoms with Crippen LogP contribution in [0.5, 0.6) is 0 Å². The van der Waals surface area contributed by atoms with Crippen molar-refractivity contribution in [3.63, 3.8) is 0 Å². The molecule has 1 heterocycles. The van der Waals surface area contributed by atoms with E-state index in [0.717, 1.165) is 10.9 Å². The van der Waals surface area contributed by atoms with Crippen LogP contribution in [-0.4, -0.2) is 4.57 Å². The van der Waals surface area contributed by atoms with Gasteiger partial charge in [0.25, 0.3) is 0 Å². The average molecular weight is 161 g/mol. The number of aryl methyl sites for hydroxylation is 1. The molecule has 0 saturated heterocycles. The molecule has 62 valence electrons. The van der Waals surface area contributed by atoms with E-state index in [1.807, 2.05) is 35.9 Å². The number of para-hydroxylation sites is 1. The summed E-state index contributed by atoms with van der Waals surface area (Å²) in [5.41, 5.74) is 13.3. The Balaban J connectivity index is 2.99. The predicted molar refractivity (Wildman–Crippen MR) is 51.7 cm³/mol. The van der Waals surface area contributed by atoms with Crippen LogP contribution >= 0.6 is 0 Å². The van der Waals surface area contributed by atoms with Gasteiger partial charge in [-0.3, -0.25) is 0 Å². The molecule has 3 heteroatoms. The molecule has 2 rings (SSSR count). The Morgan fingerprint density at radius 1 is 1.17 bits per heavy atom. The maximum Gasteiger partial charge on any atom is 0.127 e. The quantitative estimate of drug-likeness (QED) is 0.612. The van der Waals surface area contributed by atoms with Gasteiger partial charge in [0, 0.05) is 12.4 Å². The Kier molecular flexibility index (Phi) is 1.27. The van der Waals surface area contributed by atoms with Gasteiger partial charge in [-0.15, -0.1) is 0 Å². The molecule has 4 N–H and O–H groups in total. The second-order valence-corrected chi connectivity index (χ2v) is 2.88. The summed E-state index contributed by atoms with van der Waals surface area (Å²) in [5.74, 6) is 0.635. The van der Waals surface area contributed by atoms with Crippen LogP contribution in [0.2, 0.25) is 0 Å². The molecule has 2 aromatic rings. The fourth-order valence-electron chi connectivity index (χ4n) is 1.44. The van der Waals surface area contributed by atoms with Crippen molar-refractivity contribution in [1.82, 2.24) is 4.57 Å². The average Bonchev–Trinajstić information content (AvgIpc) is 2.33. The number of aromatic nitrogens is 1. The maximum absolute atomic E-state index is 5.79. The Morgan fingerprint density at radius 2 is 1.83 bits per heavy atom. The van der Waals surface area contributed by atoms with Crippen LogP contribution in [0.15, 0.2) is 24.3 Å². The molecule has 0 aliphatic carbocycles. The van der Waals surface area contributed by atoms with Gasteiger partial charge in [0.2, 0.25) is 0 Å². The standard InChI is InChI=1S/C9H11N3/c1-12-7-5-3-2-4-6(7)8(10)9(12)11/h2-5H,10-11H2,1H3. The number of hydrogen-bond acceptors (Lipinski definition) is 2. The fourth-order valence-corrected chi connectivity index (χ4v) is 1.44. The number of nitrogens with zero attached hydrogens (tertiary/aromatic N) is 1. The number of fused-ring (bicyclic) bond motifs is 1. The van der Waals surface area contributed by atoms with Crippen LogP contribution < -0.4 is 11.5 Å². The smallest absolute Gasteiger partial charge is 0.127 e. The lowest BCUT2D eigenvalue weighted by Crippen LogP contribution is -1.97. The molecule has 0 aliphatic rings. The number of nitrogens with two attached hydrogens (primary N) is 2. The summed E-state index contributed by atoms with van der Waals surface area (Å²) < 4.78 is 1.89. The molecular weight excluding hydrogens is 150 g/mol. The summed E-state index contributed by atoms with van der Waals surface area (Å²) in [6.45, 7) is 0. The minimum absolute atomic E-state index is 0.635. The van der Waals surface area contributed by atoms with E-state index in [1.165, 1.54) is 0 Å². The van der Waals surface area contributed by atoms with Crippen LogP contribution in [0, 0.1) is 0 Å². The highest BCUT2D eigenvalue weighted by molar-refractivity contribution is 5.98. The molecule has 0 saturated carbocycles. The van der Waals surface area contributed by atoms with E-state index in [0.29, 0.717) is 11.5 Å². The van der Waals surface area contributed by atoms with Gasteiger partial charge in [-0.25, -0.2) is 0 Å². The molecule has 0 radical (unpaired) electrons. The molecule has 0 amide bonds. The first-order valence-corrected chi connectivity index (χ1v) is 3.80. The monoisotopic (exact) mass is 161 g/mol. The van der Waals surface area contributed by atoms with Crippen molar-refractivity contribution < 1.29 is 0 Å². The topological polar surface area (TPSA) is 57.0 Å². The Morgan fingerprint density at radius 3 is 2.50 bits per heavy atom. The minimum atomic E-state index is 0.635. The molecule has 0 aliphatic heterocycles. The molecule has 0 bridgehead atoms. The van der Waals surface area contributed by atoms with E-state index in [1.54, 1.807) is 0 Å². The lowest BCUT2D eigenvalue weighted by Gasteiger charge is -1.96. The highest BCUT2D eigenvalue weighted by atomic mass is 15.0. The van der Waals surface area contributed by atoms with Gasteiger partial charge in [0.05, 0.1) is 11.2 Å². The third-order valence-corrected chi connectivity index (χ3v) is 2.19. The summed E-state index contributed by atoms with van der Waals surface area (Å²) in [4.78, 5) is 0. The Labute approximate surface area is 70.6 Å². The fraction of sp³-hybridized carbons (Fsp3) is 0.111. The van der Waals surface area contributed by atoms with Crippen LogP contribution in [0.1, 0.15) is 0 Å². The summed E-state index contributed by atoms with van der Waals surface area (Å²) in [5, 5.41) is 1.03. The van der Waals surface area contributed by atoms with Crippen molar-refractivity contribution >= 4 is 22.4 Å². The second-order valence-electron chi connectivity index (χ2n) is 2.88. The normalized spacial score (nSPS) is 10.8. The zero-order valence-corrected chi connectivity index (χ0v) is 6.91. The zero-order valence-electron chi connectivity index (χ0n) is 6.91. The Bertz CT molecular complexity index is 390. The summed E-state index contributed by atoms with van der Waals surface area (Å²) >= 11 is 0. The molecule has 0 fully saturated rings. The first-order chi connectivity index (χ1) is 5.72. The molecule has 12 heavy (non-hydrogen) atoms. The van der Waals surface area contributed by atoms with Crippen molar-refractivity contribution in [3.8, 4) is 0 Å². The van der Waals surface area contributed by atoms with E-state index < -0.39 is 0 Å². The molecule has 0 atom stereocenters. The summed E-state index contributed by atoms with van der Waals surface area (Å²) in [6, 6.07) is 7.91. The van der Waals surface area contributed by atoms with Crippen LogP contribution in [-0.2, 0) is 7.05 Å². The molecule has 1 aromatic carbocycles. The SMILES string of the molecule is Cn1c(N)c(N)c2ccccc21. The van der Waals surface area contributed by atoms with Crippen molar-refractivity contribution in [2.75, 3.05) is 11.5 Å². The van der Waals surface area contributed by atoms with Crippen LogP contribution in [0.25, 0.3) is 10.9 Å². The highest BCUT2D eigenvalue weighted by Gasteiger charge is 2.07. The number of anilines is 2. The zero-order chi connectivity index (χ0) is 8.72. The van der Waals surface area contributed by atoms with Gasteiger partial charge in [-0.1, -0.05) is 18.2 Å². The van der Waals surface area contributed by atoms with E-state index >= 15 is 0 Å². The number of rotatable bonds is 0. The van der Waals surface area contributed by atoms with Gasteiger partial charge in [0.1, 0.15) is 5.82 Å². The third-order valence-electron chi connectivity index (χ3n) is 2.19. The first kappa shape index (κ1) is 7.03. The Hall–Kier alpha value is -1.64. The van der Waals surface area contributed by atoms with Gasteiger partial charge in [-0.05, 0) is 6.07 Å². The predicted octanol–water partition coefficient (Wildman–Crippen LogP) is 1.34. The summed E-state index contributed by atoms with van der Waals surface area (Å²) in [6.07, 6.45) is 0. The van der Waals surface area contributed by atoms with Gasteiger partial charge in [0.15, 0.2) is 0 Å². The van der Waals surface area contributed by atoms with Crippen molar-refractivity contribution in [2.45, 2.75) is 0 Å². The van der Waals surface area contributed by atoms with E-state index in [9.17, 15) is 0 Å². The first-order valence-electron chi connectivity index (χ1n) is 3.80. The van der Waals surface area contributed by atoms with Crippen LogP contribution in [0.4, 0.5) is 11.5 Å².